The van der Waals surface area contributed by atoms with Gasteiger partial charge in [-0.2, -0.15) is 0 Å². The van der Waals surface area contributed by atoms with Crippen LogP contribution in [-0.2, 0) is 21.2 Å². The summed E-state index contributed by atoms with van der Waals surface area (Å²) in [5, 5.41) is 0. The van der Waals surface area contributed by atoms with Crippen LogP contribution in [0.2, 0.25) is 0 Å². The van der Waals surface area contributed by atoms with E-state index in [1.165, 1.54) is 0 Å². The minimum absolute atomic E-state index is 0.0172. The quantitative estimate of drug-likeness (QED) is 0.543. The largest absolute Gasteiger partial charge is 0.303 e. The van der Waals surface area contributed by atoms with E-state index in [2.05, 4.69) is 6.92 Å². The van der Waals surface area contributed by atoms with E-state index >= 15 is 0 Å². The molecule has 1 unspecified atom stereocenters. The topological polar surface area (TPSA) is 54.5 Å². The molecule has 0 spiro atoms. The number of fused-ring (bicyclic) bond motifs is 1. The highest BCUT2D eigenvalue weighted by Gasteiger charge is 2.35. The van der Waals surface area contributed by atoms with Gasteiger partial charge in [-0.25, -0.2) is 8.42 Å². The summed E-state index contributed by atoms with van der Waals surface area (Å²) in [5.41, 5.74) is 2.85. The van der Waals surface area contributed by atoms with Crippen LogP contribution in [0, 0.1) is 12.3 Å². The third-order valence-corrected chi connectivity index (χ3v) is 7.33. The van der Waals surface area contributed by atoms with Gasteiger partial charge in [-0.15, -0.1) is 0 Å². The number of para-hydroxylation sites is 1. The molecule has 4 nitrogen and oxygen atoms in total. The predicted molar refractivity (Wildman–Crippen MR) is 108 cm³/mol. The second-order valence-corrected chi connectivity index (χ2v) is 9.68. The molecule has 1 aliphatic rings. The van der Waals surface area contributed by atoms with Gasteiger partial charge in [-0.3, -0.25) is 4.31 Å². The molecule has 0 aliphatic carbocycles. The molecule has 5 heteroatoms. The lowest BCUT2D eigenvalue weighted by molar-refractivity contribution is -0.108. The zero-order valence-corrected chi connectivity index (χ0v) is 16.8. The molecule has 27 heavy (non-hydrogen) atoms. The maximum absolute atomic E-state index is 13.4. The Hall–Kier alpha value is -2.14. The minimum Gasteiger partial charge on any atom is -0.303 e. The third kappa shape index (κ3) is 4.24. The van der Waals surface area contributed by atoms with Crippen molar-refractivity contribution in [2.24, 2.45) is 5.41 Å². The van der Waals surface area contributed by atoms with Crippen molar-refractivity contribution in [3.63, 3.8) is 0 Å². The molecule has 0 aromatic heterocycles. The summed E-state index contributed by atoms with van der Waals surface area (Å²) in [4.78, 5) is 11.0. The van der Waals surface area contributed by atoms with Gasteiger partial charge in [0.25, 0.3) is 10.0 Å². The van der Waals surface area contributed by atoms with Crippen LogP contribution in [0.1, 0.15) is 43.7 Å². The molecule has 144 valence electrons. The zero-order valence-electron chi connectivity index (χ0n) is 16.0. The highest BCUT2D eigenvalue weighted by Crippen LogP contribution is 2.41. The monoisotopic (exact) mass is 385 g/mol. The molecule has 2 aromatic carbocycles. The SMILES string of the molecule is Cc1ccc(S(=O)(=O)N2CCC(C)(CCCC=O)Cc3ccccc32)cc1. The Kier molecular flexibility index (Phi) is 5.70. The van der Waals surface area contributed by atoms with Gasteiger partial charge >= 0.3 is 0 Å². The molecule has 0 saturated carbocycles. The number of nitrogens with zero attached hydrogens (tertiary/aromatic N) is 1. The Morgan fingerprint density at radius 3 is 2.52 bits per heavy atom. The molecule has 3 rings (SSSR count). The highest BCUT2D eigenvalue weighted by atomic mass is 32.2. The van der Waals surface area contributed by atoms with Gasteiger partial charge in [0.2, 0.25) is 0 Å². The van der Waals surface area contributed by atoms with Crippen molar-refractivity contribution in [1.29, 1.82) is 0 Å². The first kappa shape index (κ1) is 19.6. The lowest BCUT2D eigenvalue weighted by Gasteiger charge is -2.28. The smallest absolute Gasteiger partial charge is 0.264 e. The minimum atomic E-state index is -3.61. The maximum atomic E-state index is 13.4. The molecule has 1 heterocycles. The van der Waals surface area contributed by atoms with Gasteiger partial charge < -0.3 is 4.79 Å². The number of anilines is 1. The fraction of sp³-hybridized carbons (Fsp3) is 0.409. The fourth-order valence-corrected chi connectivity index (χ4v) is 5.36. The first-order valence-electron chi connectivity index (χ1n) is 9.47. The molecule has 0 saturated heterocycles. The van der Waals surface area contributed by atoms with Crippen LogP contribution in [0.15, 0.2) is 53.4 Å². The summed E-state index contributed by atoms with van der Waals surface area (Å²) >= 11 is 0. The van der Waals surface area contributed by atoms with Gasteiger partial charge in [0.1, 0.15) is 6.29 Å². The van der Waals surface area contributed by atoms with Crippen LogP contribution < -0.4 is 4.31 Å². The second kappa shape index (κ2) is 7.85. The molecule has 0 bridgehead atoms. The summed E-state index contributed by atoms with van der Waals surface area (Å²) in [7, 11) is -3.61. The Bertz CT molecular complexity index is 905. The van der Waals surface area contributed by atoms with E-state index in [0.717, 1.165) is 48.8 Å². The summed E-state index contributed by atoms with van der Waals surface area (Å²) in [6, 6.07) is 14.8. The lowest BCUT2D eigenvalue weighted by atomic mass is 9.77. The second-order valence-electron chi connectivity index (χ2n) is 7.82. The molecule has 1 atom stereocenters. The normalized spacial score (nSPS) is 20.0. The lowest BCUT2D eigenvalue weighted by Crippen LogP contribution is -2.33. The van der Waals surface area contributed by atoms with E-state index in [-0.39, 0.29) is 5.41 Å². The van der Waals surface area contributed by atoms with Crippen LogP contribution >= 0.6 is 0 Å². The average Bonchev–Trinajstić information content (AvgIpc) is 2.78. The number of carbonyl (C=O) groups excluding carboxylic acids is 1. The van der Waals surface area contributed by atoms with Crippen molar-refractivity contribution < 1.29 is 13.2 Å². The van der Waals surface area contributed by atoms with Crippen molar-refractivity contribution >= 4 is 22.0 Å². The van der Waals surface area contributed by atoms with Crippen LogP contribution in [0.4, 0.5) is 5.69 Å². The molecular weight excluding hydrogens is 358 g/mol. The number of hydrogen-bond donors (Lipinski definition) is 0. The Labute approximate surface area is 162 Å². The first-order chi connectivity index (χ1) is 12.9. The van der Waals surface area contributed by atoms with E-state index in [9.17, 15) is 13.2 Å². The number of carbonyl (C=O) groups is 1. The zero-order chi connectivity index (χ0) is 19.5. The standard InChI is InChI=1S/C22H27NO3S/c1-18-9-11-20(12-10-18)27(25,26)23-15-14-22(2,13-5-6-16-24)17-19-7-3-4-8-21(19)23/h3-4,7-12,16H,5-6,13-15,17H2,1-2H3. The number of rotatable bonds is 6. The van der Waals surface area contributed by atoms with Crippen molar-refractivity contribution in [1.82, 2.24) is 0 Å². The Morgan fingerprint density at radius 2 is 1.81 bits per heavy atom. The van der Waals surface area contributed by atoms with Gasteiger partial charge in [-0.05, 0) is 61.8 Å². The van der Waals surface area contributed by atoms with Crippen molar-refractivity contribution in [2.45, 2.75) is 50.8 Å². The van der Waals surface area contributed by atoms with Crippen LogP contribution in [0.5, 0.6) is 0 Å². The van der Waals surface area contributed by atoms with E-state index in [1.807, 2.05) is 43.3 Å². The average molecular weight is 386 g/mol. The van der Waals surface area contributed by atoms with Gasteiger partial charge in [0, 0.05) is 13.0 Å². The van der Waals surface area contributed by atoms with Crippen LogP contribution in [0.25, 0.3) is 0 Å². The molecule has 0 fully saturated rings. The van der Waals surface area contributed by atoms with E-state index in [1.54, 1.807) is 16.4 Å². The fourth-order valence-electron chi connectivity index (χ4n) is 3.86. The summed E-state index contributed by atoms with van der Waals surface area (Å²) in [5.74, 6) is 0. The van der Waals surface area contributed by atoms with E-state index in [4.69, 9.17) is 0 Å². The number of aldehydes is 1. The molecule has 0 N–H and O–H groups in total. The molecule has 2 aromatic rings. The highest BCUT2D eigenvalue weighted by molar-refractivity contribution is 7.92. The number of hydrogen-bond acceptors (Lipinski definition) is 3. The molecule has 1 aliphatic heterocycles. The molecule has 0 radical (unpaired) electrons. The van der Waals surface area contributed by atoms with Crippen molar-refractivity contribution in [3.05, 3.63) is 59.7 Å². The third-order valence-electron chi connectivity index (χ3n) is 5.51. The predicted octanol–water partition coefficient (Wildman–Crippen LogP) is 4.51. The number of benzene rings is 2. The number of aryl methyl sites for hydroxylation is 1. The Morgan fingerprint density at radius 1 is 1.11 bits per heavy atom. The van der Waals surface area contributed by atoms with Gasteiger partial charge in [0.15, 0.2) is 0 Å². The van der Waals surface area contributed by atoms with Crippen LogP contribution in [0.3, 0.4) is 0 Å². The maximum Gasteiger partial charge on any atom is 0.264 e. The Balaban J connectivity index is 1.98. The first-order valence-corrected chi connectivity index (χ1v) is 10.9. The van der Waals surface area contributed by atoms with E-state index < -0.39 is 10.0 Å². The van der Waals surface area contributed by atoms with Crippen molar-refractivity contribution in [2.75, 3.05) is 10.8 Å². The van der Waals surface area contributed by atoms with Gasteiger partial charge in [0.05, 0.1) is 10.6 Å². The summed E-state index contributed by atoms with van der Waals surface area (Å²) < 4.78 is 28.3. The van der Waals surface area contributed by atoms with Gasteiger partial charge in [-0.1, -0.05) is 42.8 Å². The van der Waals surface area contributed by atoms with Crippen molar-refractivity contribution in [3.8, 4) is 0 Å². The number of sulfonamides is 1. The summed E-state index contributed by atoms with van der Waals surface area (Å²) in [6.45, 7) is 4.60. The molecular formula is C22H27NO3S. The van der Waals surface area contributed by atoms with E-state index in [0.29, 0.717) is 17.9 Å². The summed E-state index contributed by atoms with van der Waals surface area (Å²) in [6.07, 6.45) is 4.86. The number of unbranched alkanes of at least 4 members (excludes halogenated alkanes) is 1. The van der Waals surface area contributed by atoms with Crippen LogP contribution in [-0.4, -0.2) is 21.2 Å². The molecule has 0 amide bonds.